The van der Waals surface area contributed by atoms with Gasteiger partial charge in [-0.3, -0.25) is 14.0 Å². The molecule has 1 aromatic carbocycles. The first-order valence-electron chi connectivity index (χ1n) is 11.7. The Morgan fingerprint density at radius 2 is 1.59 bits per heavy atom. The molecule has 0 radical (unpaired) electrons. The van der Waals surface area contributed by atoms with E-state index in [-0.39, 0.29) is 22.3 Å². The molecule has 0 fully saturated rings. The summed E-state index contributed by atoms with van der Waals surface area (Å²) in [7, 11) is 0.500. The number of unbranched alkanes of at least 4 members (excludes halogenated alkanes) is 2. The number of benzene rings is 1. The summed E-state index contributed by atoms with van der Waals surface area (Å²) in [4.78, 5) is 30.2. The maximum absolute atomic E-state index is 14.5. The summed E-state index contributed by atoms with van der Waals surface area (Å²) >= 11 is 0. The smallest absolute Gasteiger partial charge is 0.425 e. The first-order valence-corrected chi connectivity index (χ1v) is 11.7. The number of hydrogen-bond donors (Lipinski definition) is 2. The highest BCUT2D eigenvalue weighted by molar-refractivity contribution is 5.85. The van der Waals surface area contributed by atoms with E-state index in [9.17, 15) is 44.7 Å². The van der Waals surface area contributed by atoms with Crippen LogP contribution in [0, 0.1) is 5.82 Å². The molecule has 0 saturated carbocycles. The summed E-state index contributed by atoms with van der Waals surface area (Å²) < 4.78 is 99.1. The van der Waals surface area contributed by atoms with Crippen molar-refractivity contribution >= 4 is 10.8 Å². The lowest BCUT2D eigenvalue weighted by atomic mass is 10.1. The molecule has 0 aliphatic carbocycles. The van der Waals surface area contributed by atoms with E-state index < -0.39 is 40.6 Å². The number of alkyl halides is 7. The molecule has 3 heterocycles. The van der Waals surface area contributed by atoms with Gasteiger partial charge in [-0.05, 0) is 30.0 Å². The van der Waals surface area contributed by atoms with Gasteiger partial charge in [0.25, 0.3) is 11.1 Å². The van der Waals surface area contributed by atoms with Crippen LogP contribution in [0.25, 0.3) is 22.2 Å². The van der Waals surface area contributed by atoms with Crippen LogP contribution in [0.5, 0.6) is 5.75 Å². The Morgan fingerprint density at radius 3 is 2.10 bits per heavy atom. The van der Waals surface area contributed by atoms with Crippen molar-refractivity contribution in [2.24, 2.45) is 0 Å². The van der Waals surface area contributed by atoms with Crippen LogP contribution in [0.4, 0.5) is 35.1 Å². The van der Waals surface area contributed by atoms with Crippen molar-refractivity contribution in [1.29, 1.82) is 0 Å². The summed E-state index contributed by atoms with van der Waals surface area (Å²) in [5.41, 5.74) is -4.45. The molecular formula is C25H23F8N5O3. The largest absolute Gasteiger partial charge is 0.505 e. The second-order valence-electron chi connectivity index (χ2n) is 8.19. The molecule has 0 saturated heterocycles. The van der Waals surface area contributed by atoms with Crippen LogP contribution in [0.15, 0.2) is 52.6 Å². The third-order valence-electron chi connectivity index (χ3n) is 5.41. The van der Waals surface area contributed by atoms with E-state index in [1.165, 1.54) is 10.6 Å². The van der Waals surface area contributed by atoms with Gasteiger partial charge in [0.1, 0.15) is 5.82 Å². The molecule has 8 nitrogen and oxygen atoms in total. The zero-order valence-electron chi connectivity index (χ0n) is 21.4. The van der Waals surface area contributed by atoms with E-state index in [0.29, 0.717) is 37.7 Å². The Balaban J connectivity index is 0.000000352. The third kappa shape index (κ3) is 8.31. The average Bonchev–Trinajstić information content (AvgIpc) is 2.90. The number of aromatic amines is 1. The topological polar surface area (TPSA) is 114 Å². The summed E-state index contributed by atoms with van der Waals surface area (Å²) in [6.07, 6.45) is -3.20. The van der Waals surface area contributed by atoms with Crippen molar-refractivity contribution in [2.45, 2.75) is 45.1 Å². The quantitative estimate of drug-likeness (QED) is 0.221. The predicted molar refractivity (Wildman–Crippen MR) is 132 cm³/mol. The fourth-order valence-corrected chi connectivity index (χ4v) is 3.46. The van der Waals surface area contributed by atoms with E-state index in [4.69, 9.17) is 5.11 Å². The summed E-state index contributed by atoms with van der Waals surface area (Å²) in [5, 5.41) is 13.8. The minimum atomic E-state index is -4.86. The number of H-pyrrole nitrogens is 1. The molecule has 4 aromatic rings. The standard InChI is InChI=1S/C19H17F4N3O.C5H3F3N2O2.CH3F/c1-2-3-4-6-26-7-5-12-8-15(16(20)9-14(12)18(26)27)17-24-10-13(11-25-17)19(21,22)23;6-5(7,8)3-2(11)1-9-10-4(3)12;1-2/h5,7-11H,2-4,6H2,1H3;1H,(H2,10,11,12);1H3. The van der Waals surface area contributed by atoms with Crippen LogP contribution in [-0.4, -0.2) is 37.0 Å². The van der Waals surface area contributed by atoms with Gasteiger partial charge in [-0.15, -0.1) is 0 Å². The minimum Gasteiger partial charge on any atom is -0.505 e. The maximum atomic E-state index is 14.5. The highest BCUT2D eigenvalue weighted by Crippen LogP contribution is 2.32. The zero-order chi connectivity index (χ0) is 31.0. The van der Waals surface area contributed by atoms with Crippen molar-refractivity contribution in [1.82, 2.24) is 24.7 Å². The molecular weight excluding hydrogens is 570 g/mol. The Bertz CT molecular complexity index is 1570. The number of fused-ring (bicyclic) bond motifs is 1. The van der Waals surface area contributed by atoms with Crippen molar-refractivity contribution in [2.75, 3.05) is 7.18 Å². The lowest BCUT2D eigenvalue weighted by molar-refractivity contribution is -0.140. The van der Waals surface area contributed by atoms with Gasteiger partial charge in [0.05, 0.1) is 29.9 Å². The van der Waals surface area contributed by atoms with Crippen molar-refractivity contribution in [3.05, 3.63) is 80.6 Å². The van der Waals surface area contributed by atoms with Gasteiger partial charge >= 0.3 is 12.4 Å². The maximum Gasteiger partial charge on any atom is 0.425 e. The molecule has 0 unspecified atom stereocenters. The molecule has 16 heteroatoms. The zero-order valence-corrected chi connectivity index (χ0v) is 21.4. The fraction of sp³-hybridized carbons (Fsp3) is 0.320. The second kappa shape index (κ2) is 13.8. The van der Waals surface area contributed by atoms with Crippen LogP contribution in [-0.2, 0) is 18.9 Å². The van der Waals surface area contributed by atoms with E-state index in [0.717, 1.165) is 25.3 Å². The predicted octanol–water partition coefficient (Wildman–Crippen LogP) is 5.89. The Morgan fingerprint density at radius 1 is 0.951 bits per heavy atom. The summed E-state index contributed by atoms with van der Waals surface area (Å²) in [6, 6.07) is 4.14. The molecule has 4 rings (SSSR count). The molecule has 0 atom stereocenters. The molecule has 222 valence electrons. The number of aromatic hydroxyl groups is 1. The average molecular weight is 593 g/mol. The van der Waals surface area contributed by atoms with Gasteiger partial charge in [-0.2, -0.15) is 31.4 Å². The first kappa shape index (κ1) is 32.8. The van der Waals surface area contributed by atoms with Crippen molar-refractivity contribution < 1.29 is 40.2 Å². The third-order valence-corrected chi connectivity index (χ3v) is 5.41. The van der Waals surface area contributed by atoms with Gasteiger partial charge in [-0.1, -0.05) is 19.8 Å². The molecule has 0 amide bonds. The van der Waals surface area contributed by atoms with Crippen LogP contribution >= 0.6 is 0 Å². The lowest BCUT2D eigenvalue weighted by Gasteiger charge is -2.10. The molecule has 2 N–H and O–H groups in total. The second-order valence-corrected chi connectivity index (χ2v) is 8.19. The summed E-state index contributed by atoms with van der Waals surface area (Å²) in [6.45, 7) is 2.61. The van der Waals surface area contributed by atoms with E-state index in [2.05, 4.69) is 22.0 Å². The van der Waals surface area contributed by atoms with Gasteiger partial charge < -0.3 is 9.67 Å². The van der Waals surface area contributed by atoms with Gasteiger partial charge in [0, 0.05) is 25.1 Å². The number of pyridine rings is 1. The minimum absolute atomic E-state index is 0.0562. The number of aryl methyl sites for hydroxylation is 1. The normalized spacial score (nSPS) is 11.4. The van der Waals surface area contributed by atoms with Crippen LogP contribution in [0.3, 0.4) is 0 Å². The number of halogens is 8. The van der Waals surface area contributed by atoms with Crippen molar-refractivity contribution in [3.8, 4) is 17.1 Å². The lowest BCUT2D eigenvalue weighted by Crippen LogP contribution is -2.22. The molecule has 41 heavy (non-hydrogen) atoms. The Labute approximate surface area is 226 Å². The highest BCUT2D eigenvalue weighted by Gasteiger charge is 2.37. The van der Waals surface area contributed by atoms with Crippen LogP contribution in [0.2, 0.25) is 0 Å². The van der Waals surface area contributed by atoms with Crippen molar-refractivity contribution in [3.63, 3.8) is 0 Å². The number of nitrogens with one attached hydrogen (secondary N) is 1. The molecule has 3 aromatic heterocycles. The van der Waals surface area contributed by atoms with Gasteiger partial charge in [0.15, 0.2) is 17.1 Å². The molecule has 0 aliphatic heterocycles. The number of rotatable bonds is 5. The first-order chi connectivity index (χ1) is 19.2. The number of nitrogens with zero attached hydrogens (tertiary/aromatic N) is 4. The fourth-order valence-electron chi connectivity index (χ4n) is 3.46. The Kier molecular flexibility index (Phi) is 11.1. The van der Waals surface area contributed by atoms with Crippen LogP contribution in [0.1, 0.15) is 37.3 Å². The van der Waals surface area contributed by atoms with Crippen LogP contribution < -0.4 is 11.1 Å². The van der Waals surface area contributed by atoms with E-state index in [1.807, 2.05) is 0 Å². The SMILES string of the molecule is CCCCCn1ccc2cc(-c3ncc(C(F)(F)F)cn3)c(F)cc2c1=O.CF.O=c1[nH]ncc(O)c1C(F)(F)F. The van der Waals surface area contributed by atoms with Gasteiger partial charge in [0.2, 0.25) is 0 Å². The number of aromatic nitrogens is 5. The highest BCUT2D eigenvalue weighted by atomic mass is 19.4. The van der Waals surface area contributed by atoms with E-state index in [1.54, 1.807) is 17.4 Å². The van der Waals surface area contributed by atoms with E-state index >= 15 is 0 Å². The summed E-state index contributed by atoms with van der Waals surface area (Å²) in [5.74, 6) is -2.11. The molecule has 0 bridgehead atoms. The Hall–Kier alpha value is -4.37. The molecule has 0 spiro atoms. The number of hydrogen-bond acceptors (Lipinski definition) is 6. The molecule has 0 aliphatic rings. The van der Waals surface area contributed by atoms with Gasteiger partial charge in [-0.25, -0.2) is 19.5 Å². The monoisotopic (exact) mass is 593 g/mol.